The normalized spacial score (nSPS) is 17.2. The SMILES string of the molecule is CC(C)(C)OC(=O)N1CCC(c2nc(-c3ccc(-c4ccc(-c5cnc([C@@H]6CCCN6C(=O)OC(C)(C)C)[nH]5)cc4)cc3)c(C(=O)OCc3ccccc3)[nH]2)C1. The molecule has 292 valence electrons. The van der Waals surface area contributed by atoms with Crippen molar-refractivity contribution in [2.45, 2.75) is 90.6 Å². The molecule has 2 N–H and O–H groups in total. The lowest BCUT2D eigenvalue weighted by atomic mass is 10.0. The first-order chi connectivity index (χ1) is 26.7. The van der Waals surface area contributed by atoms with Crippen LogP contribution in [0.2, 0.25) is 0 Å². The van der Waals surface area contributed by atoms with Gasteiger partial charge in [-0.2, -0.15) is 0 Å². The van der Waals surface area contributed by atoms with Crippen LogP contribution < -0.4 is 0 Å². The minimum Gasteiger partial charge on any atom is -0.456 e. The molecule has 0 radical (unpaired) electrons. The van der Waals surface area contributed by atoms with E-state index in [1.165, 1.54) is 0 Å². The zero-order chi connectivity index (χ0) is 39.6. The molecule has 3 aromatic carbocycles. The summed E-state index contributed by atoms with van der Waals surface area (Å²) in [6.07, 6.45) is 3.54. The number of esters is 1. The smallest absolute Gasteiger partial charge is 0.410 e. The second kappa shape index (κ2) is 15.7. The number of ether oxygens (including phenoxy) is 3. The van der Waals surface area contributed by atoms with Crippen LogP contribution >= 0.6 is 0 Å². The summed E-state index contributed by atoms with van der Waals surface area (Å²) >= 11 is 0. The number of nitrogens with one attached hydrogen (secondary N) is 2. The number of hydrogen-bond donors (Lipinski definition) is 2. The van der Waals surface area contributed by atoms with E-state index in [-0.39, 0.29) is 36.4 Å². The summed E-state index contributed by atoms with van der Waals surface area (Å²) in [4.78, 5) is 59.0. The van der Waals surface area contributed by atoms with E-state index in [1.807, 2.05) is 114 Å². The summed E-state index contributed by atoms with van der Waals surface area (Å²) in [5.74, 6) is 0.783. The number of nitrogens with zero attached hydrogens (tertiary/aromatic N) is 4. The number of amides is 2. The van der Waals surface area contributed by atoms with E-state index in [4.69, 9.17) is 19.2 Å². The largest absolute Gasteiger partial charge is 0.456 e. The van der Waals surface area contributed by atoms with Gasteiger partial charge in [0.05, 0.1) is 17.9 Å². The third-order valence-corrected chi connectivity index (χ3v) is 9.85. The Hall–Kier alpha value is -5.91. The third kappa shape index (κ3) is 8.96. The lowest BCUT2D eigenvalue weighted by molar-refractivity contribution is 0.0217. The highest BCUT2D eigenvalue weighted by atomic mass is 16.6. The van der Waals surface area contributed by atoms with Crippen molar-refractivity contribution in [3.63, 3.8) is 0 Å². The quantitative estimate of drug-likeness (QED) is 0.118. The van der Waals surface area contributed by atoms with Crippen molar-refractivity contribution in [2.75, 3.05) is 19.6 Å². The first-order valence-corrected chi connectivity index (χ1v) is 19.3. The van der Waals surface area contributed by atoms with Gasteiger partial charge in [0.1, 0.15) is 35.2 Å². The molecule has 1 unspecified atom stereocenters. The van der Waals surface area contributed by atoms with Crippen molar-refractivity contribution in [2.24, 2.45) is 0 Å². The molecule has 2 aromatic heterocycles. The molecular weight excluding hydrogens is 709 g/mol. The number of H-pyrrole nitrogens is 2. The summed E-state index contributed by atoms with van der Waals surface area (Å²) in [7, 11) is 0. The number of rotatable bonds is 8. The first kappa shape index (κ1) is 38.4. The molecular formula is C44H50N6O6. The van der Waals surface area contributed by atoms with Crippen LogP contribution in [0.3, 0.4) is 0 Å². The van der Waals surface area contributed by atoms with Crippen LogP contribution in [0, 0.1) is 0 Å². The average Bonchev–Trinajstić information content (AvgIpc) is 3.99. The molecule has 5 aromatic rings. The zero-order valence-electron chi connectivity index (χ0n) is 32.9. The van der Waals surface area contributed by atoms with Crippen molar-refractivity contribution in [3.8, 4) is 33.6 Å². The van der Waals surface area contributed by atoms with Crippen LogP contribution in [0.5, 0.6) is 0 Å². The molecule has 2 saturated heterocycles. The lowest BCUT2D eigenvalue weighted by Crippen LogP contribution is -2.36. The number of aromatic nitrogens is 4. The van der Waals surface area contributed by atoms with Gasteiger partial charge in [-0.25, -0.2) is 24.4 Å². The van der Waals surface area contributed by atoms with Gasteiger partial charge >= 0.3 is 18.2 Å². The minimum absolute atomic E-state index is 0.0947. The fraction of sp³-hybridized carbons (Fsp3) is 0.386. The Labute approximate surface area is 327 Å². The van der Waals surface area contributed by atoms with E-state index in [2.05, 4.69) is 27.1 Å². The third-order valence-electron chi connectivity index (χ3n) is 9.85. The molecule has 0 saturated carbocycles. The van der Waals surface area contributed by atoms with Gasteiger partial charge in [-0.3, -0.25) is 4.90 Å². The predicted molar refractivity (Wildman–Crippen MR) is 213 cm³/mol. The number of likely N-dealkylation sites (tertiary alicyclic amines) is 2. The van der Waals surface area contributed by atoms with Crippen molar-refractivity contribution in [1.82, 2.24) is 29.7 Å². The van der Waals surface area contributed by atoms with Gasteiger partial charge in [-0.1, -0.05) is 78.9 Å². The van der Waals surface area contributed by atoms with Gasteiger partial charge in [0.2, 0.25) is 0 Å². The Morgan fingerprint density at radius 3 is 2.02 bits per heavy atom. The fourth-order valence-electron chi connectivity index (χ4n) is 7.12. The predicted octanol–water partition coefficient (Wildman–Crippen LogP) is 9.29. The van der Waals surface area contributed by atoms with Gasteiger partial charge in [0, 0.05) is 31.1 Å². The van der Waals surface area contributed by atoms with Gasteiger partial charge in [-0.05, 0) is 83.1 Å². The molecule has 2 amide bonds. The maximum Gasteiger partial charge on any atom is 0.410 e. The number of carbonyl (C=O) groups is 3. The van der Waals surface area contributed by atoms with E-state index in [9.17, 15) is 14.4 Å². The van der Waals surface area contributed by atoms with E-state index in [1.54, 1.807) is 9.80 Å². The molecule has 12 heteroatoms. The maximum atomic E-state index is 13.6. The van der Waals surface area contributed by atoms with E-state index < -0.39 is 17.2 Å². The average molecular weight is 759 g/mol. The Bertz CT molecular complexity index is 2160. The zero-order valence-corrected chi connectivity index (χ0v) is 32.9. The Morgan fingerprint density at radius 1 is 0.732 bits per heavy atom. The van der Waals surface area contributed by atoms with Gasteiger partial charge in [0.25, 0.3) is 0 Å². The molecule has 2 atom stereocenters. The van der Waals surface area contributed by atoms with E-state index in [0.29, 0.717) is 37.6 Å². The summed E-state index contributed by atoms with van der Waals surface area (Å²) in [6.45, 7) is 12.9. The Balaban J connectivity index is 1.07. The Kier molecular flexibility index (Phi) is 10.7. The Morgan fingerprint density at radius 2 is 1.36 bits per heavy atom. The highest BCUT2D eigenvalue weighted by Gasteiger charge is 2.36. The monoisotopic (exact) mass is 758 g/mol. The molecule has 0 bridgehead atoms. The first-order valence-electron chi connectivity index (χ1n) is 19.3. The highest BCUT2D eigenvalue weighted by molar-refractivity contribution is 5.94. The lowest BCUT2D eigenvalue weighted by Gasteiger charge is -2.27. The molecule has 0 aliphatic carbocycles. The highest BCUT2D eigenvalue weighted by Crippen LogP contribution is 2.35. The van der Waals surface area contributed by atoms with Crippen molar-refractivity contribution in [3.05, 3.63) is 108 Å². The molecule has 56 heavy (non-hydrogen) atoms. The standard InChI is InChI=1S/C44H50N6O6/c1-43(2,3)55-41(52)49-24-22-33(26-49)38-47-36(37(48-38)40(51)54-27-28-11-8-7-9-12-28)32-20-16-30(17-21-32)29-14-18-31(19-15-29)34-25-45-39(46-34)35-13-10-23-50(35)42(53)56-44(4,5)6/h7-9,11-12,14-21,25,33,35H,10,13,22-24,26-27H2,1-6H3,(H,45,46)(H,47,48)/t33?,35-/m0/s1. The number of aromatic amines is 2. The summed E-state index contributed by atoms with van der Waals surface area (Å²) in [6, 6.07) is 25.5. The summed E-state index contributed by atoms with van der Waals surface area (Å²) in [5.41, 5.74) is 5.12. The van der Waals surface area contributed by atoms with Gasteiger partial charge in [0.15, 0.2) is 5.69 Å². The molecule has 12 nitrogen and oxygen atoms in total. The molecule has 2 aliphatic heterocycles. The minimum atomic E-state index is -0.593. The number of imidazole rings is 2. The topological polar surface area (TPSA) is 143 Å². The summed E-state index contributed by atoms with van der Waals surface area (Å²) < 4.78 is 17.0. The van der Waals surface area contributed by atoms with Crippen LogP contribution in [-0.2, 0) is 20.8 Å². The molecule has 2 fully saturated rings. The maximum absolute atomic E-state index is 13.6. The number of carbonyl (C=O) groups excluding carboxylic acids is 3. The van der Waals surface area contributed by atoms with Crippen LogP contribution in [0.15, 0.2) is 85.1 Å². The van der Waals surface area contributed by atoms with Gasteiger partial charge < -0.3 is 29.1 Å². The number of benzene rings is 3. The molecule has 0 spiro atoms. The molecule has 4 heterocycles. The number of hydrogen-bond acceptors (Lipinski definition) is 8. The fourth-order valence-corrected chi connectivity index (χ4v) is 7.12. The summed E-state index contributed by atoms with van der Waals surface area (Å²) in [5, 5.41) is 0. The van der Waals surface area contributed by atoms with Crippen LogP contribution in [0.4, 0.5) is 9.59 Å². The van der Waals surface area contributed by atoms with Crippen molar-refractivity contribution >= 4 is 18.2 Å². The second-order valence-corrected chi connectivity index (χ2v) is 16.5. The van der Waals surface area contributed by atoms with Crippen molar-refractivity contribution in [1.29, 1.82) is 0 Å². The molecule has 7 rings (SSSR count). The van der Waals surface area contributed by atoms with Gasteiger partial charge in [-0.15, -0.1) is 0 Å². The van der Waals surface area contributed by atoms with Crippen molar-refractivity contribution < 1.29 is 28.6 Å². The second-order valence-electron chi connectivity index (χ2n) is 16.5. The van der Waals surface area contributed by atoms with E-state index >= 15 is 0 Å². The molecule has 2 aliphatic rings. The van der Waals surface area contributed by atoms with Crippen LogP contribution in [-0.4, -0.2) is 78.7 Å². The van der Waals surface area contributed by atoms with Crippen LogP contribution in [0.1, 0.15) is 100 Å². The van der Waals surface area contributed by atoms with Crippen LogP contribution in [0.25, 0.3) is 33.6 Å². The van der Waals surface area contributed by atoms with E-state index in [0.717, 1.165) is 52.2 Å².